The zero-order chi connectivity index (χ0) is 12.8. The zero-order valence-corrected chi connectivity index (χ0v) is 9.68. The second-order valence-corrected chi connectivity index (χ2v) is 4.85. The Morgan fingerprint density at radius 2 is 2.17 bits per heavy atom. The van der Waals surface area contributed by atoms with E-state index in [-0.39, 0.29) is 17.3 Å². The molecule has 1 aromatic rings. The van der Waals surface area contributed by atoms with Crippen molar-refractivity contribution in [3.63, 3.8) is 0 Å². The van der Waals surface area contributed by atoms with Gasteiger partial charge >= 0.3 is 0 Å². The highest BCUT2D eigenvalue weighted by Crippen LogP contribution is 2.36. The van der Waals surface area contributed by atoms with Gasteiger partial charge in [0.15, 0.2) is 0 Å². The van der Waals surface area contributed by atoms with Gasteiger partial charge in [-0.05, 0) is 24.8 Å². The molecule has 2 N–H and O–H groups in total. The summed E-state index contributed by atoms with van der Waals surface area (Å²) in [5.74, 6) is -0.102. The van der Waals surface area contributed by atoms with E-state index in [1.165, 1.54) is 12.1 Å². The van der Waals surface area contributed by atoms with E-state index >= 15 is 0 Å². The average molecular weight is 247 g/mol. The maximum atomic E-state index is 11.9. The smallest absolute Gasteiger partial charge is 0.269 e. The third-order valence-corrected chi connectivity index (χ3v) is 3.67. The molecule has 3 rings (SSSR count). The van der Waals surface area contributed by atoms with Crippen LogP contribution >= 0.6 is 0 Å². The Balaban J connectivity index is 1.88. The lowest BCUT2D eigenvalue weighted by Crippen LogP contribution is -2.55. The van der Waals surface area contributed by atoms with E-state index in [0.717, 1.165) is 19.3 Å². The maximum Gasteiger partial charge on any atom is 0.269 e. The summed E-state index contributed by atoms with van der Waals surface area (Å²) in [6.45, 7) is 0. The second kappa shape index (κ2) is 3.78. The molecule has 1 atom stereocenters. The Bertz CT molecular complexity index is 525. The second-order valence-electron chi connectivity index (χ2n) is 4.85. The Labute approximate surface area is 104 Å². The first-order valence-electron chi connectivity index (χ1n) is 5.94. The molecular formula is C12H13N3O3. The van der Waals surface area contributed by atoms with Gasteiger partial charge in [0.1, 0.15) is 6.04 Å². The van der Waals surface area contributed by atoms with Crippen LogP contribution in [0.25, 0.3) is 0 Å². The number of non-ortho nitro benzene ring substituents is 1. The first-order valence-corrected chi connectivity index (χ1v) is 5.94. The number of hydrogen-bond donors (Lipinski definition) is 2. The van der Waals surface area contributed by atoms with Gasteiger partial charge in [0, 0.05) is 12.1 Å². The van der Waals surface area contributed by atoms with Crippen LogP contribution in [0.15, 0.2) is 24.3 Å². The molecule has 0 bridgehead atoms. The summed E-state index contributed by atoms with van der Waals surface area (Å²) in [7, 11) is 0. The van der Waals surface area contributed by atoms with Crippen LogP contribution in [0.5, 0.6) is 0 Å². The Morgan fingerprint density at radius 3 is 2.72 bits per heavy atom. The van der Waals surface area contributed by atoms with Gasteiger partial charge in [-0.25, -0.2) is 0 Å². The monoisotopic (exact) mass is 247 g/mol. The largest absolute Gasteiger partial charge is 0.336 e. The molecule has 1 saturated carbocycles. The summed E-state index contributed by atoms with van der Waals surface area (Å²) < 4.78 is 0. The minimum absolute atomic E-state index is 0.0108. The number of rotatable bonds is 2. The number of carbonyl (C=O) groups excluding carboxylic acids is 1. The van der Waals surface area contributed by atoms with Crippen molar-refractivity contribution in [3.8, 4) is 0 Å². The van der Waals surface area contributed by atoms with Gasteiger partial charge in [-0.2, -0.15) is 0 Å². The van der Waals surface area contributed by atoms with E-state index in [0.29, 0.717) is 5.56 Å². The van der Waals surface area contributed by atoms with Gasteiger partial charge < -0.3 is 5.32 Å². The number of nitro groups is 1. The molecule has 6 nitrogen and oxygen atoms in total. The maximum absolute atomic E-state index is 11.9. The normalized spacial score (nSPS) is 24.7. The van der Waals surface area contributed by atoms with Crippen molar-refractivity contribution in [1.29, 1.82) is 0 Å². The van der Waals surface area contributed by atoms with Crippen LogP contribution in [0.1, 0.15) is 30.9 Å². The van der Waals surface area contributed by atoms with Gasteiger partial charge in [-0.3, -0.25) is 20.2 Å². The third-order valence-electron chi connectivity index (χ3n) is 3.67. The Hall–Kier alpha value is -1.95. The molecule has 1 aliphatic heterocycles. The summed E-state index contributed by atoms with van der Waals surface area (Å²) in [6.07, 6.45) is 2.93. The van der Waals surface area contributed by atoms with Gasteiger partial charge in [0.25, 0.3) is 5.69 Å². The molecule has 1 saturated heterocycles. The zero-order valence-electron chi connectivity index (χ0n) is 9.68. The fourth-order valence-corrected chi connectivity index (χ4v) is 2.54. The lowest BCUT2D eigenvalue weighted by Gasteiger charge is -2.38. The molecule has 2 fully saturated rings. The van der Waals surface area contributed by atoms with E-state index in [1.807, 2.05) is 0 Å². The van der Waals surface area contributed by atoms with Crippen LogP contribution in [0, 0.1) is 10.1 Å². The molecule has 1 unspecified atom stereocenters. The third kappa shape index (κ3) is 1.65. The molecule has 1 aliphatic carbocycles. The quantitative estimate of drug-likeness (QED) is 0.608. The lowest BCUT2D eigenvalue weighted by atomic mass is 9.85. The summed E-state index contributed by atoms with van der Waals surface area (Å²) in [5, 5.41) is 16.9. The van der Waals surface area contributed by atoms with Gasteiger partial charge in [0.2, 0.25) is 5.91 Å². The van der Waals surface area contributed by atoms with Crippen LogP contribution in [0.3, 0.4) is 0 Å². The van der Waals surface area contributed by atoms with Crippen molar-refractivity contribution in [2.45, 2.75) is 31.0 Å². The number of benzene rings is 1. The van der Waals surface area contributed by atoms with Crippen molar-refractivity contribution in [3.05, 3.63) is 39.9 Å². The van der Waals surface area contributed by atoms with Crippen LogP contribution in [-0.2, 0) is 4.79 Å². The predicted octanol–water partition coefficient (Wildman–Crippen LogP) is 1.24. The van der Waals surface area contributed by atoms with E-state index in [4.69, 9.17) is 0 Å². The number of hydrogen-bond acceptors (Lipinski definition) is 4. The minimum Gasteiger partial charge on any atom is -0.336 e. The number of carbonyl (C=O) groups is 1. The van der Waals surface area contributed by atoms with Crippen LogP contribution in [-0.4, -0.2) is 16.5 Å². The van der Waals surface area contributed by atoms with E-state index < -0.39 is 11.0 Å². The highest BCUT2D eigenvalue weighted by Gasteiger charge is 2.47. The molecule has 1 spiro atoms. The average Bonchev–Trinajstić information content (AvgIpc) is 2.67. The molecular weight excluding hydrogens is 234 g/mol. The fourth-order valence-electron chi connectivity index (χ4n) is 2.54. The van der Waals surface area contributed by atoms with Crippen molar-refractivity contribution >= 4 is 11.6 Å². The molecule has 0 aromatic heterocycles. The first-order chi connectivity index (χ1) is 8.60. The standard InChI is InChI=1S/C12H13N3O3/c16-11-10(13-12(14-11)5-2-6-12)8-3-1-4-9(7-8)15(17)18/h1,3-4,7,10,13H,2,5-6H2,(H,14,16). The van der Waals surface area contributed by atoms with Crippen molar-refractivity contribution in [1.82, 2.24) is 10.6 Å². The molecule has 6 heteroatoms. The fraction of sp³-hybridized carbons (Fsp3) is 0.417. The molecule has 1 heterocycles. The van der Waals surface area contributed by atoms with Crippen LogP contribution < -0.4 is 10.6 Å². The first kappa shape index (κ1) is 11.2. The highest BCUT2D eigenvalue weighted by molar-refractivity contribution is 5.86. The molecule has 18 heavy (non-hydrogen) atoms. The summed E-state index contributed by atoms with van der Waals surface area (Å²) in [5.41, 5.74) is 0.383. The van der Waals surface area contributed by atoms with Gasteiger partial charge in [-0.15, -0.1) is 0 Å². The Kier molecular flexibility index (Phi) is 2.34. The topological polar surface area (TPSA) is 84.3 Å². The lowest BCUT2D eigenvalue weighted by molar-refractivity contribution is -0.384. The van der Waals surface area contributed by atoms with Crippen molar-refractivity contribution in [2.75, 3.05) is 0 Å². The SMILES string of the molecule is O=C1NC2(CCC2)NC1c1cccc([N+](=O)[O-])c1. The van der Waals surface area contributed by atoms with Crippen molar-refractivity contribution < 1.29 is 9.72 Å². The van der Waals surface area contributed by atoms with E-state index in [2.05, 4.69) is 10.6 Å². The Morgan fingerprint density at radius 1 is 1.39 bits per heavy atom. The molecule has 1 amide bonds. The number of nitro benzene ring substituents is 1. The van der Waals surface area contributed by atoms with Crippen molar-refractivity contribution in [2.24, 2.45) is 0 Å². The van der Waals surface area contributed by atoms with E-state index in [9.17, 15) is 14.9 Å². The van der Waals surface area contributed by atoms with Crippen LogP contribution in [0.2, 0.25) is 0 Å². The molecule has 0 radical (unpaired) electrons. The molecule has 1 aromatic carbocycles. The molecule has 2 aliphatic rings. The number of nitrogens with one attached hydrogen (secondary N) is 2. The summed E-state index contributed by atoms with van der Waals surface area (Å²) in [4.78, 5) is 22.2. The van der Waals surface area contributed by atoms with Crippen LogP contribution in [0.4, 0.5) is 5.69 Å². The highest BCUT2D eigenvalue weighted by atomic mass is 16.6. The minimum atomic E-state index is -0.481. The number of amides is 1. The molecule has 94 valence electrons. The van der Waals surface area contributed by atoms with E-state index in [1.54, 1.807) is 12.1 Å². The summed E-state index contributed by atoms with van der Waals surface area (Å²) >= 11 is 0. The predicted molar refractivity (Wildman–Crippen MR) is 63.7 cm³/mol. The van der Waals surface area contributed by atoms with Gasteiger partial charge in [-0.1, -0.05) is 12.1 Å². The summed E-state index contributed by atoms with van der Waals surface area (Å²) in [6, 6.07) is 5.74. The number of nitrogens with zero attached hydrogens (tertiary/aromatic N) is 1. The van der Waals surface area contributed by atoms with Gasteiger partial charge in [0.05, 0.1) is 10.6 Å².